The lowest BCUT2D eigenvalue weighted by atomic mass is 10.2. The minimum Gasteiger partial charge on any atom is -0.394 e. The highest BCUT2D eigenvalue weighted by atomic mass is 79.9. The molecule has 0 radical (unpaired) electrons. The third-order valence-corrected chi connectivity index (χ3v) is 3.68. The summed E-state index contributed by atoms with van der Waals surface area (Å²) < 4.78 is 6.40. The molecule has 1 aromatic carbocycles. The van der Waals surface area contributed by atoms with Crippen molar-refractivity contribution < 1.29 is 9.84 Å². The molecule has 2 rings (SSSR count). The Bertz CT molecular complexity index is 389. The van der Waals surface area contributed by atoms with Gasteiger partial charge in [0.25, 0.3) is 0 Å². The number of ether oxygens (including phenoxy) is 1. The molecular formula is C12H15BrClNO2. The molecule has 0 aliphatic carbocycles. The summed E-state index contributed by atoms with van der Waals surface area (Å²) in [5.41, 5.74) is 1.11. The van der Waals surface area contributed by atoms with Crippen molar-refractivity contribution in [2.24, 2.45) is 0 Å². The summed E-state index contributed by atoms with van der Waals surface area (Å²) in [7, 11) is 0. The summed E-state index contributed by atoms with van der Waals surface area (Å²) in [5, 5.41) is 9.85. The number of halogens is 2. The van der Waals surface area contributed by atoms with Crippen LogP contribution in [0.1, 0.15) is 5.56 Å². The molecule has 17 heavy (non-hydrogen) atoms. The summed E-state index contributed by atoms with van der Waals surface area (Å²) in [6, 6.07) is 5.92. The van der Waals surface area contributed by atoms with E-state index in [2.05, 4.69) is 20.8 Å². The Morgan fingerprint density at radius 3 is 3.06 bits per heavy atom. The van der Waals surface area contributed by atoms with Crippen LogP contribution in [0, 0.1) is 0 Å². The number of rotatable bonds is 3. The first kappa shape index (κ1) is 13.3. The van der Waals surface area contributed by atoms with E-state index in [9.17, 15) is 0 Å². The lowest BCUT2D eigenvalue weighted by molar-refractivity contribution is -0.0550. The first-order valence-corrected chi connectivity index (χ1v) is 6.75. The molecular weight excluding hydrogens is 305 g/mol. The van der Waals surface area contributed by atoms with E-state index in [1.54, 1.807) is 0 Å². The standard InChI is InChI=1S/C12H15BrClNO2/c13-10-2-1-9(12(14)5-10)6-15-3-4-17-11(7-15)8-16/h1-2,5,11,16H,3-4,6-8H2. The van der Waals surface area contributed by atoms with Gasteiger partial charge in [0, 0.05) is 29.1 Å². The van der Waals surface area contributed by atoms with Crippen LogP contribution in [0.4, 0.5) is 0 Å². The number of benzene rings is 1. The van der Waals surface area contributed by atoms with Gasteiger partial charge in [-0.1, -0.05) is 33.6 Å². The Kier molecular flexibility index (Phi) is 4.82. The Hall–Kier alpha value is -0.130. The second kappa shape index (κ2) is 6.16. The molecule has 1 heterocycles. The SMILES string of the molecule is OCC1CN(Cc2ccc(Br)cc2Cl)CCO1. The fraction of sp³-hybridized carbons (Fsp3) is 0.500. The van der Waals surface area contributed by atoms with Gasteiger partial charge in [0.15, 0.2) is 0 Å². The van der Waals surface area contributed by atoms with Gasteiger partial charge in [0.1, 0.15) is 0 Å². The molecule has 94 valence electrons. The normalized spacial score (nSPS) is 21.7. The zero-order chi connectivity index (χ0) is 12.3. The number of morpholine rings is 1. The molecule has 5 heteroatoms. The topological polar surface area (TPSA) is 32.7 Å². The van der Waals surface area contributed by atoms with Crippen molar-refractivity contribution in [3.05, 3.63) is 33.3 Å². The van der Waals surface area contributed by atoms with Crippen LogP contribution in [0.25, 0.3) is 0 Å². The number of hydrogen-bond donors (Lipinski definition) is 1. The van der Waals surface area contributed by atoms with E-state index in [-0.39, 0.29) is 12.7 Å². The van der Waals surface area contributed by atoms with Gasteiger partial charge in [0.05, 0.1) is 19.3 Å². The molecule has 1 aromatic rings. The third-order valence-electron chi connectivity index (χ3n) is 2.84. The van der Waals surface area contributed by atoms with E-state index < -0.39 is 0 Å². The van der Waals surface area contributed by atoms with Crippen LogP contribution in [0.5, 0.6) is 0 Å². The van der Waals surface area contributed by atoms with Gasteiger partial charge in [-0.3, -0.25) is 4.90 Å². The predicted molar refractivity (Wildman–Crippen MR) is 71.3 cm³/mol. The number of nitrogens with zero attached hydrogens (tertiary/aromatic N) is 1. The fourth-order valence-corrected chi connectivity index (χ4v) is 2.66. The molecule has 0 saturated carbocycles. The average molecular weight is 321 g/mol. The van der Waals surface area contributed by atoms with E-state index in [0.29, 0.717) is 6.61 Å². The van der Waals surface area contributed by atoms with Gasteiger partial charge in [-0.15, -0.1) is 0 Å². The molecule has 0 aromatic heterocycles. The lowest BCUT2D eigenvalue weighted by Gasteiger charge is -2.32. The highest BCUT2D eigenvalue weighted by molar-refractivity contribution is 9.10. The number of aliphatic hydroxyl groups is 1. The average Bonchev–Trinajstić information content (AvgIpc) is 2.33. The summed E-state index contributed by atoms with van der Waals surface area (Å²) in [4.78, 5) is 2.25. The van der Waals surface area contributed by atoms with E-state index >= 15 is 0 Å². The lowest BCUT2D eigenvalue weighted by Crippen LogP contribution is -2.43. The molecule has 1 saturated heterocycles. The van der Waals surface area contributed by atoms with Gasteiger partial charge in [-0.05, 0) is 17.7 Å². The van der Waals surface area contributed by atoms with E-state index in [1.807, 2.05) is 18.2 Å². The molecule has 1 fully saturated rings. The van der Waals surface area contributed by atoms with Crippen molar-refractivity contribution in [1.29, 1.82) is 0 Å². The highest BCUT2D eigenvalue weighted by Crippen LogP contribution is 2.23. The van der Waals surface area contributed by atoms with Gasteiger partial charge in [-0.2, -0.15) is 0 Å². The van der Waals surface area contributed by atoms with Gasteiger partial charge >= 0.3 is 0 Å². The van der Waals surface area contributed by atoms with Crippen molar-refractivity contribution in [3.8, 4) is 0 Å². The molecule has 0 bridgehead atoms. The third kappa shape index (κ3) is 3.66. The Labute approximate surface area is 114 Å². The smallest absolute Gasteiger partial charge is 0.0933 e. The largest absolute Gasteiger partial charge is 0.394 e. The highest BCUT2D eigenvalue weighted by Gasteiger charge is 2.20. The number of aliphatic hydroxyl groups excluding tert-OH is 1. The molecule has 0 spiro atoms. The maximum atomic E-state index is 9.08. The van der Waals surface area contributed by atoms with E-state index in [4.69, 9.17) is 21.4 Å². The molecule has 1 N–H and O–H groups in total. The van der Waals surface area contributed by atoms with Crippen LogP contribution >= 0.6 is 27.5 Å². The monoisotopic (exact) mass is 319 g/mol. The summed E-state index contributed by atoms with van der Waals surface area (Å²) in [6.07, 6.45) is -0.0713. The Morgan fingerprint density at radius 2 is 2.35 bits per heavy atom. The molecule has 0 amide bonds. The van der Waals surface area contributed by atoms with Gasteiger partial charge < -0.3 is 9.84 Å². The fourth-order valence-electron chi connectivity index (χ4n) is 1.93. The van der Waals surface area contributed by atoms with Gasteiger partial charge in [0.2, 0.25) is 0 Å². The van der Waals surface area contributed by atoms with Crippen molar-refractivity contribution in [3.63, 3.8) is 0 Å². The van der Waals surface area contributed by atoms with Crippen molar-refractivity contribution in [2.45, 2.75) is 12.6 Å². The molecule has 1 aliphatic rings. The molecule has 1 unspecified atom stereocenters. The first-order chi connectivity index (χ1) is 8.19. The van der Waals surface area contributed by atoms with Crippen molar-refractivity contribution in [1.82, 2.24) is 4.90 Å². The van der Waals surface area contributed by atoms with Crippen LogP contribution in [0.2, 0.25) is 5.02 Å². The van der Waals surface area contributed by atoms with Crippen molar-refractivity contribution in [2.75, 3.05) is 26.3 Å². The first-order valence-electron chi connectivity index (χ1n) is 5.58. The van der Waals surface area contributed by atoms with Crippen LogP contribution in [-0.2, 0) is 11.3 Å². The zero-order valence-corrected chi connectivity index (χ0v) is 11.7. The van der Waals surface area contributed by atoms with E-state index in [0.717, 1.165) is 34.7 Å². The van der Waals surface area contributed by atoms with Crippen LogP contribution in [-0.4, -0.2) is 42.4 Å². The van der Waals surface area contributed by atoms with E-state index in [1.165, 1.54) is 0 Å². The minimum atomic E-state index is -0.0713. The Balaban J connectivity index is 2.00. The quantitative estimate of drug-likeness (QED) is 0.927. The van der Waals surface area contributed by atoms with Crippen LogP contribution < -0.4 is 0 Å². The zero-order valence-electron chi connectivity index (χ0n) is 9.40. The van der Waals surface area contributed by atoms with Crippen LogP contribution in [0.15, 0.2) is 22.7 Å². The maximum absolute atomic E-state index is 9.08. The second-order valence-corrected chi connectivity index (χ2v) is 5.47. The predicted octanol–water partition coefficient (Wildman–Crippen LogP) is 2.30. The van der Waals surface area contributed by atoms with Crippen LogP contribution in [0.3, 0.4) is 0 Å². The molecule has 1 aliphatic heterocycles. The number of hydrogen-bond acceptors (Lipinski definition) is 3. The van der Waals surface area contributed by atoms with Gasteiger partial charge in [-0.25, -0.2) is 0 Å². The summed E-state index contributed by atoms with van der Waals surface area (Å²) in [5.74, 6) is 0. The molecule has 3 nitrogen and oxygen atoms in total. The Morgan fingerprint density at radius 1 is 1.53 bits per heavy atom. The second-order valence-electron chi connectivity index (χ2n) is 4.15. The maximum Gasteiger partial charge on any atom is 0.0933 e. The van der Waals surface area contributed by atoms with Crippen molar-refractivity contribution >= 4 is 27.5 Å². The minimum absolute atomic E-state index is 0.0713. The summed E-state index contributed by atoms with van der Waals surface area (Å²) >= 11 is 9.57. The molecule has 1 atom stereocenters. The summed E-state index contributed by atoms with van der Waals surface area (Å²) in [6.45, 7) is 3.17.